The second-order valence-corrected chi connectivity index (χ2v) is 36.9. The van der Waals surface area contributed by atoms with E-state index in [9.17, 15) is 4.79 Å². The van der Waals surface area contributed by atoms with Gasteiger partial charge in [0, 0.05) is 183 Å². The van der Waals surface area contributed by atoms with E-state index in [-0.39, 0.29) is 123 Å². The molecule has 0 saturated carbocycles. The molecule has 0 aliphatic rings. The maximum Gasteiger partial charge on any atom is 0.155 e. The number of aryl methyl sites for hydroxylation is 4. The number of hydrogen-bond donors (Lipinski definition) is 1. The third-order valence-electron chi connectivity index (χ3n) is 24.1. The average molecular weight is 2630 g/mol. The fraction of sp³-hybridized carbons (Fsp3) is 0.190. The van der Waals surface area contributed by atoms with Gasteiger partial charge in [-0.25, -0.2) is 0 Å². The SMILES string of the molecule is CC(=O)C=C(C)O.CC(C)c1ccc(-c2ccc3c(c2)c2ccc[c-]c2c2nccn32)cc1.Cc1cc[c-]c2c1c1ccccc1n1c3cc(C(C)C)ccc3nc21.Cc1cccc(C)c1-c1cnc2c3[c-]cccc3c3cc(CC(C)(C)C)ccc3n12.Cc1cn2c3ccc(CC(C)(C)C)cc3c3ccc[c-]c3c2n1.[Ir].[Ir].[Ir].[Ir].[Ir].[c-]1cccc2c1c1nccn1c1ccccc21. The number of imidazole rings is 5. The molecule has 23 rings (SSSR count). The maximum atomic E-state index is 10.0. The van der Waals surface area contributed by atoms with Crippen LogP contribution in [0.3, 0.4) is 0 Å². The number of aliphatic hydroxyl groups is 1. The number of aromatic nitrogens is 10. The van der Waals surface area contributed by atoms with Crippen molar-refractivity contribution in [3.8, 4) is 22.4 Å². The quantitative estimate of drug-likeness (QED) is 0.0729. The molecule has 133 heavy (non-hydrogen) atoms. The number of aliphatic hydroxyl groups excluding tert-OH is 1. The molecular weight excluding hydrogens is 2530 g/mol. The van der Waals surface area contributed by atoms with Crippen molar-refractivity contribution in [2.75, 3.05) is 0 Å². The van der Waals surface area contributed by atoms with Crippen LogP contribution in [0.15, 0.2) is 298 Å². The van der Waals surface area contributed by atoms with Gasteiger partial charge in [0.25, 0.3) is 0 Å². The standard InChI is InChI=1S/C28H27N2.C24H19N2.C23H19N2.C21H21N2.C15H9N2.C5H8O2.5Ir/c1-18-9-8-10-19(2)26(18)25-17-29-27-22-12-7-6-11-21(22)23-15-20(16-28(3,4)5)13-14-24(23)30(25)27;1-16(2)17-7-9-18(10-8-17)19-11-12-23-22(15-19)20-5-3-4-6-21(20)24-25-13-14-26(23)24;1-14(2)16-11-12-19-21(13-16)25-20-10-5-4-8-17(20)22-15(3)7-6-9-18(22)23(25)24-19;1-14-13-23-19-10-9-15(12-21(2,3)4)11-18(19)16-7-5-6-8-17(16)20(23)22-14;1-2-7-13-11(5-1)12-6-3-4-8-14(12)17-10-9-16-15(13)17;1-4(6)3-5(2)7;;;;;/h6-11,13-15,17H,16H2,1-5H3;3-5,7-16H,1-2H3;4-8,10-14H,1-3H3;5-7,9-11,13H,12H2,1-4H3;1-6,8-10H;3,6H,1-2H3;;;;;/q5*-1;;;;;;. The summed E-state index contributed by atoms with van der Waals surface area (Å²) < 4.78 is 11.1. The first-order valence-corrected chi connectivity index (χ1v) is 44.2. The first kappa shape index (κ1) is 99.1. The Morgan fingerprint density at radius 3 is 1.40 bits per heavy atom. The van der Waals surface area contributed by atoms with Crippen LogP contribution in [0, 0.1) is 68.9 Å². The Bertz CT molecular complexity index is 8220. The predicted octanol–water partition coefficient (Wildman–Crippen LogP) is 29.4. The van der Waals surface area contributed by atoms with Crippen LogP contribution in [-0.4, -0.2) is 57.8 Å². The molecule has 0 spiro atoms. The Balaban J connectivity index is 0.000000138. The van der Waals surface area contributed by atoms with Crippen LogP contribution in [-0.2, 0) is 118 Å². The first-order valence-electron chi connectivity index (χ1n) is 44.2. The van der Waals surface area contributed by atoms with Crippen molar-refractivity contribution in [2.24, 2.45) is 10.8 Å². The van der Waals surface area contributed by atoms with E-state index in [1.807, 2.05) is 80.4 Å². The van der Waals surface area contributed by atoms with Gasteiger partial charge in [-0.1, -0.05) is 230 Å². The molecule has 679 valence electrons. The van der Waals surface area contributed by atoms with Gasteiger partial charge in [0.2, 0.25) is 0 Å². The first-order chi connectivity index (χ1) is 61.7. The summed E-state index contributed by atoms with van der Waals surface area (Å²) in [4.78, 5) is 33.5. The van der Waals surface area contributed by atoms with E-state index in [2.05, 4.69) is 365 Å². The van der Waals surface area contributed by atoms with Crippen molar-refractivity contribution in [3.05, 3.63) is 373 Å². The molecule has 0 unspecified atom stereocenters. The van der Waals surface area contributed by atoms with Gasteiger partial charge in [-0.05, 0) is 184 Å². The fourth-order valence-corrected chi connectivity index (χ4v) is 18.5. The number of hydrogen-bond acceptors (Lipinski definition) is 7. The number of para-hydroxylation sites is 2. The molecular formula is C116H103Ir5N10O2-5. The zero-order chi connectivity index (χ0) is 89.1. The van der Waals surface area contributed by atoms with Gasteiger partial charge in [0.05, 0.1) is 50.7 Å². The minimum absolute atomic E-state index is 0. The van der Waals surface area contributed by atoms with Crippen molar-refractivity contribution in [1.82, 2.24) is 46.9 Å². The number of carbonyl (C=O) groups is 1. The second-order valence-electron chi connectivity index (χ2n) is 36.9. The Labute approximate surface area is 844 Å². The van der Waals surface area contributed by atoms with Gasteiger partial charge in [-0.2, -0.15) is 0 Å². The summed E-state index contributed by atoms with van der Waals surface area (Å²) in [5.74, 6) is 0.984. The molecule has 0 fully saturated rings. The number of carbonyl (C=O) groups excluding carboxylic acids is 1. The third kappa shape index (κ3) is 20.0. The second kappa shape index (κ2) is 41.2. The molecule has 10 aromatic heterocycles. The van der Waals surface area contributed by atoms with E-state index < -0.39 is 0 Å². The zero-order valence-electron chi connectivity index (χ0n) is 77.3. The number of fused-ring (bicyclic) bond motifs is 32. The zero-order valence-corrected chi connectivity index (χ0v) is 89.3. The molecule has 10 heterocycles. The van der Waals surface area contributed by atoms with Crippen LogP contribution in [0.4, 0.5) is 0 Å². The number of pyridine rings is 5. The van der Waals surface area contributed by atoms with E-state index in [0.717, 1.165) is 84.9 Å². The number of ketones is 1. The van der Waals surface area contributed by atoms with Gasteiger partial charge in [-0.3, -0.25) is 29.7 Å². The summed E-state index contributed by atoms with van der Waals surface area (Å²) >= 11 is 0. The summed E-state index contributed by atoms with van der Waals surface area (Å²) in [6.45, 7) is 34.1. The van der Waals surface area contributed by atoms with Crippen molar-refractivity contribution in [2.45, 2.75) is 135 Å². The topological polar surface area (TPSA) is 124 Å². The van der Waals surface area contributed by atoms with Crippen molar-refractivity contribution in [1.29, 1.82) is 0 Å². The number of nitrogens with zero attached hydrogens (tertiary/aromatic N) is 10. The molecule has 0 bridgehead atoms. The van der Waals surface area contributed by atoms with Gasteiger partial charge in [0.15, 0.2) is 5.78 Å². The molecule has 0 aliphatic heterocycles. The van der Waals surface area contributed by atoms with Gasteiger partial charge < -0.3 is 27.1 Å². The minimum Gasteiger partial charge on any atom is -0.512 e. The van der Waals surface area contributed by atoms with Crippen LogP contribution in [0.5, 0.6) is 0 Å². The molecule has 23 aromatic rings. The van der Waals surface area contributed by atoms with Crippen LogP contribution in [0.25, 0.3) is 170 Å². The molecule has 12 nitrogen and oxygen atoms in total. The van der Waals surface area contributed by atoms with E-state index in [0.29, 0.717) is 11.8 Å². The molecule has 13 aromatic carbocycles. The largest absolute Gasteiger partial charge is 0.512 e. The van der Waals surface area contributed by atoms with Crippen molar-refractivity contribution < 1.29 is 110 Å². The summed E-state index contributed by atoms with van der Waals surface area (Å²) in [6.07, 6.45) is 15.1. The maximum absolute atomic E-state index is 10.0. The molecule has 1 N–H and O–H groups in total. The fourth-order valence-electron chi connectivity index (χ4n) is 18.5. The molecule has 0 aliphatic carbocycles. The molecule has 5 radical (unpaired) electrons. The van der Waals surface area contributed by atoms with E-state index in [1.54, 1.807) is 0 Å². The Kier molecular flexibility index (Phi) is 30.7. The number of rotatable bonds is 7. The van der Waals surface area contributed by atoms with E-state index in [4.69, 9.17) is 20.1 Å². The molecule has 0 saturated heterocycles. The van der Waals surface area contributed by atoms with Crippen LogP contribution in [0.2, 0.25) is 0 Å². The smallest absolute Gasteiger partial charge is 0.155 e. The summed E-state index contributed by atoms with van der Waals surface area (Å²) in [5, 5.41) is 26.2. The summed E-state index contributed by atoms with van der Waals surface area (Å²) in [7, 11) is 0. The van der Waals surface area contributed by atoms with Crippen molar-refractivity contribution in [3.63, 3.8) is 0 Å². The van der Waals surface area contributed by atoms with Gasteiger partial charge in [0.1, 0.15) is 0 Å². The third-order valence-corrected chi connectivity index (χ3v) is 24.1. The molecule has 0 atom stereocenters. The number of allylic oxidation sites excluding steroid dienone is 2. The Morgan fingerprint density at radius 2 is 0.850 bits per heavy atom. The van der Waals surface area contributed by atoms with Crippen molar-refractivity contribution >= 4 is 153 Å². The van der Waals surface area contributed by atoms with Gasteiger partial charge >= 0.3 is 0 Å². The average Bonchev–Trinajstić information content (AvgIpc) is 1.60. The summed E-state index contributed by atoms with van der Waals surface area (Å²) in [6, 6.07) is 105. The van der Waals surface area contributed by atoms with Gasteiger partial charge in [-0.15, -0.1) is 142 Å². The van der Waals surface area contributed by atoms with Crippen LogP contribution in [0.1, 0.15) is 140 Å². The predicted molar refractivity (Wildman–Crippen MR) is 534 cm³/mol. The normalized spacial score (nSPS) is 11.6. The van der Waals surface area contributed by atoms with E-state index >= 15 is 0 Å². The molecule has 17 heteroatoms. The Morgan fingerprint density at radius 1 is 0.391 bits per heavy atom. The van der Waals surface area contributed by atoms with E-state index in [1.165, 1.54) is 163 Å². The molecule has 0 amide bonds. The monoisotopic (exact) mass is 2630 g/mol. The summed E-state index contributed by atoms with van der Waals surface area (Å²) in [5.41, 5.74) is 28.8. The van der Waals surface area contributed by atoms with Crippen LogP contribution >= 0.6 is 0 Å². The minimum atomic E-state index is -0.125. The van der Waals surface area contributed by atoms with Crippen LogP contribution < -0.4 is 0 Å². The Hall–Kier alpha value is -11.4. The number of benzene rings is 13.